The average molecular weight is 663 g/mol. The van der Waals surface area contributed by atoms with Crippen molar-refractivity contribution in [3.63, 3.8) is 0 Å². The molecule has 0 unspecified atom stereocenters. The summed E-state index contributed by atoms with van der Waals surface area (Å²) in [7, 11) is 0. The Hall–Kier alpha value is -4.88. The number of rotatable bonds is 5. The predicted octanol–water partition coefficient (Wildman–Crippen LogP) is 9.57. The molecule has 0 fully saturated rings. The number of hydrogen-bond acceptors (Lipinski definition) is 3. The van der Waals surface area contributed by atoms with Crippen LogP contribution in [0.2, 0.25) is 0 Å². The summed E-state index contributed by atoms with van der Waals surface area (Å²) in [5, 5.41) is 2.78. The fourth-order valence-electron chi connectivity index (χ4n) is 5.67. The quantitative estimate of drug-likeness (QED) is 0.172. The van der Waals surface area contributed by atoms with Crippen LogP contribution < -0.4 is 0 Å². The van der Waals surface area contributed by atoms with Crippen LogP contribution in [0, 0.1) is 0 Å². The van der Waals surface area contributed by atoms with Gasteiger partial charge in [0.1, 0.15) is 0 Å². The second-order valence-electron chi connectivity index (χ2n) is 10.4. The molecule has 43 heavy (non-hydrogen) atoms. The number of nitrogens with zero attached hydrogens (tertiary/aromatic N) is 3. The van der Waals surface area contributed by atoms with Gasteiger partial charge in [0.15, 0.2) is 0 Å². The van der Waals surface area contributed by atoms with E-state index < -0.39 is 20.4 Å². The van der Waals surface area contributed by atoms with Crippen molar-refractivity contribution in [2.24, 2.45) is 0 Å². The Labute approximate surface area is 259 Å². The van der Waals surface area contributed by atoms with Gasteiger partial charge in [0.25, 0.3) is 0 Å². The molecular formula is C39H25N3Te. The topological polar surface area (TPSA) is 38.7 Å². The molecule has 2 aromatic heterocycles. The third-order valence-electron chi connectivity index (χ3n) is 7.76. The standard InChI is InChI=1S/C39H25N3Te/c1-4-13-26(14-5-1)34-25-29(30-20-12-21-32-31-19-10-11-22-35(31)43-36(30)32)23-24-33(34)39-41-37(27-15-6-2-7-16-27)40-38(42-39)28-17-8-3-9-18-28/h1-25H. The number of fused-ring (bicyclic) bond motifs is 3. The number of benzene rings is 6. The van der Waals surface area contributed by atoms with Gasteiger partial charge in [-0.25, -0.2) is 0 Å². The Balaban J connectivity index is 1.36. The van der Waals surface area contributed by atoms with Gasteiger partial charge in [0.05, 0.1) is 0 Å². The van der Waals surface area contributed by atoms with E-state index in [1.54, 1.807) is 0 Å². The van der Waals surface area contributed by atoms with E-state index in [0.29, 0.717) is 17.5 Å². The van der Waals surface area contributed by atoms with E-state index in [0.717, 1.165) is 27.8 Å². The molecule has 0 radical (unpaired) electrons. The van der Waals surface area contributed by atoms with Gasteiger partial charge in [-0.2, -0.15) is 0 Å². The number of aromatic nitrogens is 3. The first-order chi connectivity index (χ1) is 21.3. The van der Waals surface area contributed by atoms with Crippen molar-refractivity contribution >= 4 is 38.0 Å². The summed E-state index contributed by atoms with van der Waals surface area (Å²) in [5.74, 6) is 1.99. The second-order valence-corrected chi connectivity index (χ2v) is 13.4. The maximum absolute atomic E-state index is 5.06. The monoisotopic (exact) mass is 665 g/mol. The molecule has 0 saturated heterocycles. The van der Waals surface area contributed by atoms with E-state index in [1.807, 2.05) is 60.7 Å². The zero-order valence-corrected chi connectivity index (χ0v) is 25.5. The van der Waals surface area contributed by atoms with E-state index in [2.05, 4.69) is 91.0 Å². The first kappa shape index (κ1) is 25.8. The van der Waals surface area contributed by atoms with Crippen LogP contribution in [0.15, 0.2) is 152 Å². The van der Waals surface area contributed by atoms with E-state index in [1.165, 1.54) is 28.7 Å². The van der Waals surface area contributed by atoms with Gasteiger partial charge in [-0.15, -0.1) is 0 Å². The van der Waals surface area contributed by atoms with Crippen molar-refractivity contribution in [1.82, 2.24) is 15.0 Å². The molecule has 0 spiro atoms. The zero-order valence-electron chi connectivity index (χ0n) is 23.2. The molecule has 2 heterocycles. The summed E-state index contributed by atoms with van der Waals surface area (Å²) >= 11 is -0.475. The first-order valence-electron chi connectivity index (χ1n) is 14.3. The molecule has 0 bridgehead atoms. The molecule has 8 aromatic rings. The fourth-order valence-corrected chi connectivity index (χ4v) is 9.20. The summed E-state index contributed by atoms with van der Waals surface area (Å²) in [6, 6.07) is 53.3. The SMILES string of the molecule is c1ccc(-c2nc(-c3ccccc3)nc(-c3ccc(-c4cccc5c4[te]c4ccccc45)cc3-c3ccccc3)n2)cc1. The average Bonchev–Trinajstić information content (AvgIpc) is 3.48. The predicted molar refractivity (Wildman–Crippen MR) is 179 cm³/mol. The third-order valence-corrected chi connectivity index (χ3v) is 11.2. The molecule has 0 aliphatic rings. The molecule has 0 atom stereocenters. The molecule has 3 nitrogen and oxygen atoms in total. The molecule has 0 N–H and O–H groups in total. The summed E-state index contributed by atoms with van der Waals surface area (Å²) in [6.45, 7) is 0. The van der Waals surface area contributed by atoms with Crippen LogP contribution in [0.25, 0.3) is 74.0 Å². The minimum atomic E-state index is -0.475. The molecular weight excluding hydrogens is 638 g/mol. The van der Waals surface area contributed by atoms with Crippen molar-refractivity contribution in [2.75, 3.05) is 0 Å². The number of hydrogen-bond donors (Lipinski definition) is 0. The van der Waals surface area contributed by atoms with E-state index in [-0.39, 0.29) is 0 Å². The minimum absolute atomic E-state index is 0.475. The van der Waals surface area contributed by atoms with E-state index in [9.17, 15) is 0 Å². The summed E-state index contributed by atoms with van der Waals surface area (Å²) in [6.07, 6.45) is 0. The fraction of sp³-hybridized carbons (Fsp3) is 0. The van der Waals surface area contributed by atoms with Gasteiger partial charge in [0.2, 0.25) is 0 Å². The Morgan fingerprint density at radius 3 is 1.58 bits per heavy atom. The van der Waals surface area contributed by atoms with Gasteiger partial charge in [-0.1, -0.05) is 12.1 Å². The van der Waals surface area contributed by atoms with E-state index >= 15 is 0 Å². The first-order valence-corrected chi connectivity index (χ1v) is 16.6. The van der Waals surface area contributed by atoms with Gasteiger partial charge in [-0.05, 0) is 0 Å². The summed E-state index contributed by atoms with van der Waals surface area (Å²) < 4.78 is 3.03. The van der Waals surface area contributed by atoms with Gasteiger partial charge < -0.3 is 0 Å². The van der Waals surface area contributed by atoms with Crippen LogP contribution in [-0.4, -0.2) is 35.4 Å². The van der Waals surface area contributed by atoms with Crippen molar-refractivity contribution in [1.29, 1.82) is 0 Å². The Morgan fingerprint density at radius 1 is 0.349 bits per heavy atom. The Bertz CT molecular complexity index is 2170. The maximum atomic E-state index is 5.06. The normalized spacial score (nSPS) is 11.3. The molecule has 0 saturated carbocycles. The van der Waals surface area contributed by atoms with Crippen LogP contribution >= 0.6 is 0 Å². The van der Waals surface area contributed by atoms with Crippen LogP contribution in [0.4, 0.5) is 0 Å². The van der Waals surface area contributed by atoms with E-state index in [4.69, 9.17) is 15.0 Å². The molecule has 6 aromatic carbocycles. The van der Waals surface area contributed by atoms with Gasteiger partial charge >= 0.3 is 249 Å². The van der Waals surface area contributed by atoms with Crippen molar-refractivity contribution in [3.8, 4) is 56.4 Å². The summed E-state index contributed by atoms with van der Waals surface area (Å²) in [5.41, 5.74) is 7.70. The van der Waals surface area contributed by atoms with Crippen molar-refractivity contribution in [2.45, 2.75) is 0 Å². The van der Waals surface area contributed by atoms with Crippen LogP contribution in [0.1, 0.15) is 0 Å². The van der Waals surface area contributed by atoms with Crippen molar-refractivity contribution < 1.29 is 0 Å². The van der Waals surface area contributed by atoms with Gasteiger partial charge in [0, 0.05) is 0 Å². The third kappa shape index (κ3) is 4.85. The van der Waals surface area contributed by atoms with Gasteiger partial charge in [-0.3, -0.25) is 0 Å². The van der Waals surface area contributed by atoms with Crippen molar-refractivity contribution in [3.05, 3.63) is 152 Å². The molecule has 0 aliphatic heterocycles. The molecule has 4 heteroatoms. The molecule has 0 amide bonds. The molecule has 202 valence electrons. The zero-order chi connectivity index (χ0) is 28.6. The van der Waals surface area contributed by atoms with Crippen LogP contribution in [0.3, 0.4) is 0 Å². The van der Waals surface area contributed by atoms with Crippen LogP contribution in [0.5, 0.6) is 0 Å². The van der Waals surface area contributed by atoms with Crippen LogP contribution in [-0.2, 0) is 0 Å². The second kappa shape index (κ2) is 11.1. The summed E-state index contributed by atoms with van der Waals surface area (Å²) in [4.78, 5) is 15.0. The molecule has 8 rings (SSSR count). The Kier molecular flexibility index (Phi) is 6.65. The molecule has 0 aliphatic carbocycles. The Morgan fingerprint density at radius 2 is 0.907 bits per heavy atom.